The van der Waals surface area contributed by atoms with E-state index in [0.29, 0.717) is 24.5 Å². The maximum atomic E-state index is 11.3. The Morgan fingerprint density at radius 3 is 2.50 bits per heavy atom. The fourth-order valence-corrected chi connectivity index (χ4v) is 3.43. The fourth-order valence-electron chi connectivity index (χ4n) is 3.43. The highest BCUT2D eigenvalue weighted by Crippen LogP contribution is 2.29. The Kier molecular flexibility index (Phi) is 5.01. The van der Waals surface area contributed by atoms with Gasteiger partial charge in [-0.3, -0.25) is 9.69 Å². The topological polar surface area (TPSA) is 41.6 Å². The molecule has 0 aromatic carbocycles. The van der Waals surface area contributed by atoms with E-state index in [9.17, 15) is 4.79 Å². The molecule has 2 aliphatic rings. The predicted molar refractivity (Wildman–Crippen MR) is 71.5 cm³/mol. The van der Waals surface area contributed by atoms with Crippen LogP contribution in [0.3, 0.4) is 0 Å². The van der Waals surface area contributed by atoms with Crippen LogP contribution in [0.4, 0.5) is 0 Å². The minimum absolute atomic E-state index is 0.0898. The van der Waals surface area contributed by atoms with E-state index < -0.39 is 0 Å². The molecule has 2 unspecified atom stereocenters. The van der Waals surface area contributed by atoms with Crippen molar-refractivity contribution in [1.82, 2.24) is 10.2 Å². The van der Waals surface area contributed by atoms with Gasteiger partial charge in [0.2, 0.25) is 0 Å². The van der Waals surface area contributed by atoms with Gasteiger partial charge in [0.25, 0.3) is 0 Å². The summed E-state index contributed by atoms with van der Waals surface area (Å²) in [5, 5.41) is 3.67. The van der Waals surface area contributed by atoms with Crippen molar-refractivity contribution < 1.29 is 9.53 Å². The van der Waals surface area contributed by atoms with E-state index in [1.807, 2.05) is 0 Å². The second kappa shape index (κ2) is 6.53. The first-order chi connectivity index (χ1) is 8.72. The number of carbonyl (C=O) groups excluding carboxylic acids is 1. The zero-order valence-corrected chi connectivity index (χ0v) is 11.7. The fraction of sp³-hybridized carbons (Fsp3) is 0.929. The molecule has 4 heteroatoms. The lowest BCUT2D eigenvalue weighted by atomic mass is 9.97. The normalized spacial score (nSPS) is 30.7. The predicted octanol–water partition coefficient (Wildman–Crippen LogP) is 1.54. The summed E-state index contributed by atoms with van der Waals surface area (Å²) in [6.07, 6.45) is 6.84. The number of nitrogens with zero attached hydrogens (tertiary/aromatic N) is 1. The molecular weight excluding hydrogens is 228 g/mol. The van der Waals surface area contributed by atoms with Crippen molar-refractivity contribution in [3.05, 3.63) is 0 Å². The lowest BCUT2D eigenvalue weighted by Gasteiger charge is -2.37. The van der Waals surface area contributed by atoms with Gasteiger partial charge in [-0.15, -0.1) is 0 Å². The molecule has 0 aromatic heterocycles. The molecule has 2 fully saturated rings. The van der Waals surface area contributed by atoms with Crippen molar-refractivity contribution in [1.29, 1.82) is 0 Å². The number of piperidine rings is 1. The van der Waals surface area contributed by atoms with Gasteiger partial charge < -0.3 is 10.1 Å². The monoisotopic (exact) mass is 254 g/mol. The molecule has 2 atom stereocenters. The minimum atomic E-state index is -0.0898. The summed E-state index contributed by atoms with van der Waals surface area (Å²) in [6.45, 7) is 4.16. The standard InChI is InChI=1S/C14H26N2O2/c1-3-7-16(8-6-14(17)18-2)13-9-11-4-5-12(10-13)15-11/h11-13,15H,3-10H2,1-2H3. The van der Waals surface area contributed by atoms with E-state index in [2.05, 4.69) is 17.1 Å². The Bertz CT molecular complexity index is 271. The van der Waals surface area contributed by atoms with Gasteiger partial charge in [0.05, 0.1) is 13.5 Å². The Morgan fingerprint density at radius 2 is 1.94 bits per heavy atom. The molecule has 4 nitrogen and oxygen atoms in total. The van der Waals surface area contributed by atoms with Crippen LogP contribution in [0.2, 0.25) is 0 Å². The van der Waals surface area contributed by atoms with E-state index in [1.165, 1.54) is 32.8 Å². The van der Waals surface area contributed by atoms with Gasteiger partial charge in [0, 0.05) is 24.7 Å². The summed E-state index contributed by atoms with van der Waals surface area (Å²) < 4.78 is 4.74. The van der Waals surface area contributed by atoms with Gasteiger partial charge in [0.1, 0.15) is 0 Å². The molecule has 1 N–H and O–H groups in total. The summed E-state index contributed by atoms with van der Waals surface area (Å²) in [5.41, 5.74) is 0. The Hall–Kier alpha value is -0.610. The third-order valence-electron chi connectivity index (χ3n) is 4.31. The van der Waals surface area contributed by atoms with E-state index in [4.69, 9.17) is 4.74 Å². The van der Waals surface area contributed by atoms with Gasteiger partial charge in [-0.05, 0) is 38.6 Å². The van der Waals surface area contributed by atoms with Crippen molar-refractivity contribution in [3.63, 3.8) is 0 Å². The number of ether oxygens (including phenoxy) is 1. The van der Waals surface area contributed by atoms with Crippen molar-refractivity contribution in [3.8, 4) is 0 Å². The second-order valence-electron chi connectivity index (χ2n) is 5.63. The third-order valence-corrected chi connectivity index (χ3v) is 4.31. The number of esters is 1. The number of hydrogen-bond acceptors (Lipinski definition) is 4. The van der Waals surface area contributed by atoms with E-state index in [1.54, 1.807) is 0 Å². The molecule has 0 amide bonds. The lowest BCUT2D eigenvalue weighted by Crippen LogP contribution is -2.49. The second-order valence-corrected chi connectivity index (χ2v) is 5.63. The van der Waals surface area contributed by atoms with Crippen molar-refractivity contribution >= 4 is 5.97 Å². The lowest BCUT2D eigenvalue weighted by molar-refractivity contribution is -0.141. The first-order valence-electron chi connectivity index (χ1n) is 7.29. The van der Waals surface area contributed by atoms with E-state index in [-0.39, 0.29) is 5.97 Å². The molecule has 2 rings (SSSR count). The molecule has 0 aromatic rings. The first-order valence-corrected chi connectivity index (χ1v) is 7.29. The van der Waals surface area contributed by atoms with Crippen LogP contribution in [0.1, 0.15) is 45.4 Å². The summed E-state index contributed by atoms with van der Waals surface area (Å²) in [6, 6.07) is 2.09. The highest BCUT2D eigenvalue weighted by Gasteiger charge is 2.35. The van der Waals surface area contributed by atoms with Crippen LogP contribution in [0.15, 0.2) is 0 Å². The van der Waals surface area contributed by atoms with Crippen LogP contribution in [0.5, 0.6) is 0 Å². The highest BCUT2D eigenvalue weighted by atomic mass is 16.5. The molecule has 0 spiro atoms. The van der Waals surface area contributed by atoms with Crippen molar-refractivity contribution in [2.75, 3.05) is 20.2 Å². The van der Waals surface area contributed by atoms with E-state index >= 15 is 0 Å². The third kappa shape index (κ3) is 3.45. The first kappa shape index (κ1) is 13.8. The molecule has 0 radical (unpaired) electrons. The summed E-state index contributed by atoms with van der Waals surface area (Å²) in [5.74, 6) is -0.0898. The number of methoxy groups -OCH3 is 1. The molecule has 0 saturated carbocycles. The quantitative estimate of drug-likeness (QED) is 0.730. The average Bonchev–Trinajstić information content (AvgIpc) is 2.72. The zero-order chi connectivity index (χ0) is 13.0. The maximum Gasteiger partial charge on any atom is 0.306 e. The molecule has 18 heavy (non-hydrogen) atoms. The Balaban J connectivity index is 1.86. The van der Waals surface area contributed by atoms with Crippen LogP contribution in [-0.2, 0) is 9.53 Å². The van der Waals surface area contributed by atoms with Crippen LogP contribution in [0, 0.1) is 0 Å². The van der Waals surface area contributed by atoms with Gasteiger partial charge in [-0.25, -0.2) is 0 Å². The molecule has 2 saturated heterocycles. The van der Waals surface area contributed by atoms with Gasteiger partial charge in [0.15, 0.2) is 0 Å². The molecule has 2 heterocycles. The maximum absolute atomic E-state index is 11.3. The van der Waals surface area contributed by atoms with Crippen molar-refractivity contribution in [2.45, 2.75) is 63.6 Å². The number of carbonyl (C=O) groups is 1. The zero-order valence-electron chi connectivity index (χ0n) is 11.7. The number of fused-ring (bicyclic) bond motifs is 2. The SMILES string of the molecule is CCCN(CCC(=O)OC)C1CC2CCC(C1)N2. The smallest absolute Gasteiger partial charge is 0.306 e. The van der Waals surface area contributed by atoms with Crippen LogP contribution >= 0.6 is 0 Å². The molecule has 0 aliphatic carbocycles. The van der Waals surface area contributed by atoms with E-state index in [0.717, 1.165) is 19.5 Å². The molecule has 104 valence electrons. The Morgan fingerprint density at radius 1 is 1.28 bits per heavy atom. The van der Waals surface area contributed by atoms with Crippen LogP contribution < -0.4 is 5.32 Å². The van der Waals surface area contributed by atoms with Crippen LogP contribution in [-0.4, -0.2) is 49.2 Å². The van der Waals surface area contributed by atoms with Crippen LogP contribution in [0.25, 0.3) is 0 Å². The number of rotatable bonds is 6. The Labute approximate surface area is 110 Å². The summed E-state index contributed by atoms with van der Waals surface area (Å²) in [4.78, 5) is 13.8. The minimum Gasteiger partial charge on any atom is -0.469 e. The van der Waals surface area contributed by atoms with Gasteiger partial charge in [-0.2, -0.15) is 0 Å². The largest absolute Gasteiger partial charge is 0.469 e. The summed E-state index contributed by atoms with van der Waals surface area (Å²) >= 11 is 0. The molecule has 2 bridgehead atoms. The molecular formula is C14H26N2O2. The van der Waals surface area contributed by atoms with Crippen molar-refractivity contribution in [2.24, 2.45) is 0 Å². The number of nitrogens with one attached hydrogen (secondary N) is 1. The van der Waals surface area contributed by atoms with Gasteiger partial charge in [-0.1, -0.05) is 6.92 Å². The molecule has 2 aliphatic heterocycles. The average molecular weight is 254 g/mol. The number of hydrogen-bond donors (Lipinski definition) is 1. The summed E-state index contributed by atoms with van der Waals surface area (Å²) in [7, 11) is 1.47. The highest BCUT2D eigenvalue weighted by molar-refractivity contribution is 5.69. The van der Waals surface area contributed by atoms with Gasteiger partial charge >= 0.3 is 5.97 Å².